The number of carbonyl (C=O) groups is 1. The van der Waals surface area contributed by atoms with E-state index in [4.69, 9.17) is 15.3 Å². The second-order valence-corrected chi connectivity index (χ2v) is 5.01. The van der Waals surface area contributed by atoms with E-state index < -0.39 is 0 Å². The molecule has 0 bridgehead atoms. The Kier molecular flexibility index (Phi) is 7.98. The SMILES string of the molecule is C=C(CCC(C=C(C#N)C#N)OCC)c1ccc(C(=O)OC)cc1. The highest BCUT2D eigenvalue weighted by molar-refractivity contribution is 5.89. The topological polar surface area (TPSA) is 83.1 Å². The minimum atomic E-state index is -0.380. The van der Waals surface area contributed by atoms with Gasteiger partial charge in [0.25, 0.3) is 0 Å². The summed E-state index contributed by atoms with van der Waals surface area (Å²) in [6.45, 7) is 6.40. The molecule has 0 radical (unpaired) electrons. The van der Waals surface area contributed by atoms with Crippen molar-refractivity contribution < 1.29 is 14.3 Å². The van der Waals surface area contributed by atoms with Gasteiger partial charge in [-0.05, 0) is 49.1 Å². The third-order valence-electron chi connectivity index (χ3n) is 3.42. The number of rotatable bonds is 8. The molecule has 0 aromatic heterocycles. The van der Waals surface area contributed by atoms with E-state index in [1.165, 1.54) is 13.2 Å². The van der Waals surface area contributed by atoms with Crippen molar-refractivity contribution in [3.8, 4) is 12.1 Å². The van der Waals surface area contributed by atoms with Gasteiger partial charge in [0.05, 0.1) is 18.8 Å². The monoisotopic (exact) mass is 324 g/mol. The Morgan fingerprint density at radius 3 is 2.33 bits per heavy atom. The predicted molar refractivity (Wildman–Crippen MR) is 90.8 cm³/mol. The van der Waals surface area contributed by atoms with E-state index in [9.17, 15) is 4.79 Å². The number of hydrogen-bond donors (Lipinski definition) is 0. The number of esters is 1. The molecule has 1 aromatic carbocycles. The number of nitrogens with zero attached hydrogens (tertiary/aromatic N) is 2. The standard InChI is InChI=1S/C19H20N2O3/c1-4-24-18(11-15(12-20)13-21)10-5-14(2)16-6-8-17(9-7-16)19(22)23-3/h6-9,11,18H,2,4-5,10H2,1,3H3. The molecule has 0 aliphatic rings. The molecule has 1 unspecified atom stereocenters. The maximum atomic E-state index is 11.4. The highest BCUT2D eigenvalue weighted by Crippen LogP contribution is 2.21. The van der Waals surface area contributed by atoms with Crippen molar-refractivity contribution in [3.63, 3.8) is 0 Å². The summed E-state index contributed by atoms with van der Waals surface area (Å²) in [5.41, 5.74) is 2.33. The first-order valence-corrected chi connectivity index (χ1v) is 7.55. The molecule has 0 heterocycles. The maximum absolute atomic E-state index is 11.4. The van der Waals surface area contributed by atoms with Crippen LogP contribution < -0.4 is 0 Å². The van der Waals surface area contributed by atoms with Crippen LogP contribution in [0.2, 0.25) is 0 Å². The van der Waals surface area contributed by atoms with Crippen molar-refractivity contribution in [1.29, 1.82) is 10.5 Å². The summed E-state index contributed by atoms with van der Waals surface area (Å²) in [5.74, 6) is -0.380. The number of methoxy groups -OCH3 is 1. The Hall–Kier alpha value is -2.89. The van der Waals surface area contributed by atoms with Crippen LogP contribution in [0.3, 0.4) is 0 Å². The average Bonchev–Trinajstić information content (AvgIpc) is 2.63. The highest BCUT2D eigenvalue weighted by atomic mass is 16.5. The van der Waals surface area contributed by atoms with Gasteiger partial charge in [0.2, 0.25) is 0 Å². The van der Waals surface area contributed by atoms with Gasteiger partial charge in [-0.15, -0.1) is 0 Å². The van der Waals surface area contributed by atoms with Crippen LogP contribution in [0, 0.1) is 22.7 Å². The highest BCUT2D eigenvalue weighted by Gasteiger charge is 2.10. The molecule has 1 aromatic rings. The van der Waals surface area contributed by atoms with E-state index in [1.54, 1.807) is 12.1 Å². The average molecular weight is 324 g/mol. The van der Waals surface area contributed by atoms with E-state index in [-0.39, 0.29) is 17.6 Å². The largest absolute Gasteiger partial charge is 0.465 e. The lowest BCUT2D eigenvalue weighted by molar-refractivity contribution is 0.0600. The number of benzene rings is 1. The lowest BCUT2D eigenvalue weighted by Gasteiger charge is -2.14. The summed E-state index contributed by atoms with van der Waals surface area (Å²) in [5, 5.41) is 17.7. The van der Waals surface area contributed by atoms with Crippen LogP contribution >= 0.6 is 0 Å². The number of nitriles is 2. The molecule has 5 nitrogen and oxygen atoms in total. The summed E-state index contributed by atoms with van der Waals surface area (Å²) >= 11 is 0. The van der Waals surface area contributed by atoms with Crippen molar-refractivity contribution in [2.24, 2.45) is 0 Å². The minimum Gasteiger partial charge on any atom is -0.465 e. The normalized spacial score (nSPS) is 10.8. The van der Waals surface area contributed by atoms with Crippen molar-refractivity contribution >= 4 is 11.5 Å². The Morgan fingerprint density at radius 2 is 1.83 bits per heavy atom. The second-order valence-electron chi connectivity index (χ2n) is 5.01. The Balaban J connectivity index is 2.72. The molecule has 0 N–H and O–H groups in total. The van der Waals surface area contributed by atoms with Gasteiger partial charge in [-0.25, -0.2) is 4.79 Å². The molecule has 0 saturated heterocycles. The molecule has 1 rings (SSSR count). The lowest BCUT2D eigenvalue weighted by Crippen LogP contribution is -2.10. The maximum Gasteiger partial charge on any atom is 0.337 e. The second kappa shape index (κ2) is 9.99. The molecular formula is C19H20N2O3. The van der Waals surface area contributed by atoms with E-state index in [0.717, 1.165) is 11.1 Å². The fraction of sp³-hybridized carbons (Fsp3) is 0.316. The first kappa shape index (κ1) is 19.2. The Labute approximate surface area is 142 Å². The predicted octanol–water partition coefficient (Wildman–Crippen LogP) is 3.65. The van der Waals surface area contributed by atoms with Crippen molar-refractivity contribution in [1.82, 2.24) is 0 Å². The summed E-state index contributed by atoms with van der Waals surface area (Å²) in [6.07, 6.45) is 2.48. The smallest absolute Gasteiger partial charge is 0.337 e. The number of allylic oxidation sites excluding steroid dienone is 2. The summed E-state index contributed by atoms with van der Waals surface area (Å²) < 4.78 is 10.2. The number of hydrogen-bond acceptors (Lipinski definition) is 5. The van der Waals surface area contributed by atoms with Gasteiger partial charge in [0.1, 0.15) is 17.7 Å². The van der Waals surface area contributed by atoms with E-state index in [0.29, 0.717) is 25.0 Å². The third kappa shape index (κ3) is 5.72. The molecular weight excluding hydrogens is 304 g/mol. The molecule has 24 heavy (non-hydrogen) atoms. The fourth-order valence-corrected chi connectivity index (χ4v) is 2.13. The van der Waals surface area contributed by atoms with Crippen molar-refractivity contribution in [2.45, 2.75) is 25.9 Å². The molecule has 0 aliphatic heterocycles. The van der Waals surface area contributed by atoms with E-state index in [2.05, 4.69) is 11.3 Å². The fourth-order valence-electron chi connectivity index (χ4n) is 2.13. The van der Waals surface area contributed by atoms with Crippen LogP contribution in [0.1, 0.15) is 35.7 Å². The zero-order chi connectivity index (χ0) is 17.9. The summed E-state index contributed by atoms with van der Waals surface area (Å²) in [6, 6.07) is 10.7. The van der Waals surface area contributed by atoms with Crippen LogP contribution in [-0.2, 0) is 9.47 Å². The van der Waals surface area contributed by atoms with Crippen LogP contribution in [0.4, 0.5) is 0 Å². The zero-order valence-electron chi connectivity index (χ0n) is 13.9. The number of ether oxygens (including phenoxy) is 2. The van der Waals surface area contributed by atoms with Crippen LogP contribution in [-0.4, -0.2) is 25.8 Å². The van der Waals surface area contributed by atoms with Crippen LogP contribution in [0.25, 0.3) is 5.57 Å². The molecule has 0 saturated carbocycles. The van der Waals surface area contributed by atoms with Gasteiger partial charge in [0, 0.05) is 6.61 Å². The van der Waals surface area contributed by atoms with Gasteiger partial charge >= 0.3 is 5.97 Å². The van der Waals surface area contributed by atoms with Crippen molar-refractivity contribution in [2.75, 3.05) is 13.7 Å². The van der Waals surface area contributed by atoms with E-state index in [1.807, 2.05) is 31.2 Å². The molecule has 0 spiro atoms. The lowest BCUT2D eigenvalue weighted by atomic mass is 9.99. The van der Waals surface area contributed by atoms with Gasteiger partial charge in [-0.1, -0.05) is 18.7 Å². The summed E-state index contributed by atoms with van der Waals surface area (Å²) in [7, 11) is 1.34. The molecule has 5 heteroatoms. The molecule has 0 fully saturated rings. The van der Waals surface area contributed by atoms with Crippen LogP contribution in [0.15, 0.2) is 42.5 Å². The molecule has 124 valence electrons. The van der Waals surface area contributed by atoms with Gasteiger partial charge in [0.15, 0.2) is 0 Å². The van der Waals surface area contributed by atoms with Crippen molar-refractivity contribution in [3.05, 3.63) is 53.6 Å². The molecule has 0 aliphatic carbocycles. The van der Waals surface area contributed by atoms with Crippen LogP contribution in [0.5, 0.6) is 0 Å². The third-order valence-corrected chi connectivity index (χ3v) is 3.42. The number of carbonyl (C=O) groups excluding carboxylic acids is 1. The summed E-state index contributed by atoms with van der Waals surface area (Å²) in [4.78, 5) is 11.4. The first-order chi connectivity index (χ1) is 11.5. The quantitative estimate of drug-likeness (QED) is 0.538. The minimum absolute atomic E-state index is 0.0430. The first-order valence-electron chi connectivity index (χ1n) is 7.55. The Bertz CT molecular complexity index is 675. The zero-order valence-corrected chi connectivity index (χ0v) is 13.9. The van der Waals surface area contributed by atoms with Gasteiger partial charge < -0.3 is 9.47 Å². The van der Waals surface area contributed by atoms with E-state index >= 15 is 0 Å². The molecule has 1 atom stereocenters. The van der Waals surface area contributed by atoms with Gasteiger partial charge in [-0.2, -0.15) is 10.5 Å². The van der Waals surface area contributed by atoms with Gasteiger partial charge in [-0.3, -0.25) is 0 Å². The molecule has 0 amide bonds. The Morgan fingerprint density at radius 1 is 1.25 bits per heavy atom.